The maximum Gasteiger partial charge on any atom is 0.136 e. The largest absolute Gasteiger partial charge is 0.299 e. The van der Waals surface area contributed by atoms with Crippen molar-refractivity contribution in [2.24, 2.45) is 11.8 Å². The van der Waals surface area contributed by atoms with Crippen LogP contribution in [0.1, 0.15) is 42.9 Å². The highest BCUT2D eigenvalue weighted by Crippen LogP contribution is 2.28. The van der Waals surface area contributed by atoms with Crippen LogP contribution in [0.3, 0.4) is 0 Å². The Balaban J connectivity index is 2.08. The van der Waals surface area contributed by atoms with E-state index in [2.05, 4.69) is 39.0 Å². The number of ketones is 1. The monoisotopic (exact) mass is 230 g/mol. The third kappa shape index (κ3) is 2.96. The molecule has 1 fully saturated rings. The van der Waals surface area contributed by atoms with E-state index in [1.807, 2.05) is 0 Å². The summed E-state index contributed by atoms with van der Waals surface area (Å²) >= 11 is 0. The molecule has 17 heavy (non-hydrogen) atoms. The quantitative estimate of drug-likeness (QED) is 0.754. The molecule has 92 valence electrons. The summed E-state index contributed by atoms with van der Waals surface area (Å²) in [5.41, 5.74) is 3.98. The lowest BCUT2D eigenvalue weighted by molar-refractivity contribution is -0.125. The molecule has 1 saturated carbocycles. The molecule has 1 aliphatic rings. The van der Waals surface area contributed by atoms with Crippen molar-refractivity contribution >= 4 is 5.78 Å². The molecule has 1 nitrogen and oxygen atoms in total. The van der Waals surface area contributed by atoms with Gasteiger partial charge in [-0.15, -0.1) is 0 Å². The molecule has 1 aliphatic carbocycles. The number of benzene rings is 1. The Hall–Kier alpha value is -1.11. The summed E-state index contributed by atoms with van der Waals surface area (Å²) in [6.07, 6.45) is 3.88. The van der Waals surface area contributed by atoms with Crippen LogP contribution in [0.25, 0.3) is 0 Å². The maximum absolute atomic E-state index is 11.9. The van der Waals surface area contributed by atoms with E-state index in [-0.39, 0.29) is 5.92 Å². The minimum absolute atomic E-state index is 0.265. The molecular weight excluding hydrogens is 208 g/mol. The molecule has 0 radical (unpaired) electrons. The van der Waals surface area contributed by atoms with Gasteiger partial charge < -0.3 is 0 Å². The Morgan fingerprint density at radius 2 is 2.00 bits per heavy atom. The highest BCUT2D eigenvalue weighted by molar-refractivity contribution is 5.82. The topological polar surface area (TPSA) is 17.1 Å². The van der Waals surface area contributed by atoms with E-state index in [1.165, 1.54) is 16.7 Å². The molecular formula is C16H22O. The second-order valence-corrected chi connectivity index (χ2v) is 5.67. The molecule has 0 spiro atoms. The lowest BCUT2D eigenvalue weighted by Crippen LogP contribution is -2.25. The van der Waals surface area contributed by atoms with Crippen LogP contribution in [0.5, 0.6) is 0 Å². The van der Waals surface area contributed by atoms with Crippen LogP contribution in [-0.4, -0.2) is 5.78 Å². The Morgan fingerprint density at radius 1 is 1.24 bits per heavy atom. The average molecular weight is 230 g/mol. The number of aryl methyl sites for hydroxylation is 2. The number of hydrogen-bond donors (Lipinski definition) is 0. The predicted octanol–water partition coefficient (Wildman–Crippen LogP) is 3.85. The zero-order valence-electron chi connectivity index (χ0n) is 11.1. The molecule has 0 amide bonds. The first-order chi connectivity index (χ1) is 8.06. The fourth-order valence-corrected chi connectivity index (χ4v) is 2.74. The molecule has 0 bridgehead atoms. The van der Waals surface area contributed by atoms with Gasteiger partial charge in [0.2, 0.25) is 0 Å². The van der Waals surface area contributed by atoms with E-state index < -0.39 is 0 Å². The molecule has 1 aromatic rings. The molecule has 2 atom stereocenters. The van der Waals surface area contributed by atoms with Gasteiger partial charge in [0.15, 0.2) is 0 Å². The summed E-state index contributed by atoms with van der Waals surface area (Å²) in [5, 5.41) is 0. The van der Waals surface area contributed by atoms with Crippen LogP contribution in [0.15, 0.2) is 18.2 Å². The van der Waals surface area contributed by atoms with Gasteiger partial charge >= 0.3 is 0 Å². The van der Waals surface area contributed by atoms with Gasteiger partial charge in [-0.1, -0.05) is 25.1 Å². The number of carbonyl (C=O) groups is 1. The van der Waals surface area contributed by atoms with Crippen LogP contribution in [0.2, 0.25) is 0 Å². The molecule has 1 aromatic carbocycles. The molecule has 1 heteroatoms. The first kappa shape index (κ1) is 12.3. The van der Waals surface area contributed by atoms with Crippen molar-refractivity contribution in [3.8, 4) is 0 Å². The van der Waals surface area contributed by atoms with Gasteiger partial charge in [0, 0.05) is 12.3 Å². The van der Waals surface area contributed by atoms with Gasteiger partial charge in [-0.25, -0.2) is 0 Å². The van der Waals surface area contributed by atoms with Gasteiger partial charge in [0.25, 0.3) is 0 Å². The van der Waals surface area contributed by atoms with E-state index in [4.69, 9.17) is 0 Å². The Morgan fingerprint density at radius 3 is 2.71 bits per heavy atom. The summed E-state index contributed by atoms with van der Waals surface area (Å²) in [7, 11) is 0. The van der Waals surface area contributed by atoms with Gasteiger partial charge in [-0.3, -0.25) is 4.79 Å². The fourth-order valence-electron chi connectivity index (χ4n) is 2.74. The van der Waals surface area contributed by atoms with Gasteiger partial charge in [-0.05, 0) is 55.7 Å². The van der Waals surface area contributed by atoms with Crippen LogP contribution in [0.4, 0.5) is 0 Å². The first-order valence-corrected chi connectivity index (χ1v) is 6.65. The van der Waals surface area contributed by atoms with E-state index in [0.29, 0.717) is 11.7 Å². The van der Waals surface area contributed by atoms with Crippen molar-refractivity contribution in [3.05, 3.63) is 34.9 Å². The third-order valence-corrected chi connectivity index (χ3v) is 4.08. The zero-order chi connectivity index (χ0) is 12.4. The smallest absolute Gasteiger partial charge is 0.136 e. The Kier molecular flexibility index (Phi) is 3.66. The lowest BCUT2D eigenvalue weighted by Gasteiger charge is -2.25. The number of hydrogen-bond acceptors (Lipinski definition) is 1. The molecule has 0 heterocycles. The zero-order valence-corrected chi connectivity index (χ0v) is 11.1. The summed E-state index contributed by atoms with van der Waals surface area (Å²) < 4.78 is 0. The lowest BCUT2D eigenvalue weighted by atomic mass is 9.78. The average Bonchev–Trinajstić information content (AvgIpc) is 2.29. The standard InChI is InChI=1S/C16H22O/c1-11-4-7-16(17)15(8-11)10-14-6-5-12(2)13(3)9-14/h5-6,9,11,15H,4,7-8,10H2,1-3H3. The SMILES string of the molecule is Cc1ccc(CC2CC(C)CCC2=O)cc1C. The number of rotatable bonds is 2. The van der Waals surface area contributed by atoms with Gasteiger partial charge in [-0.2, -0.15) is 0 Å². The highest BCUT2D eigenvalue weighted by atomic mass is 16.1. The number of Topliss-reactive ketones (excluding diaryl/α,β-unsaturated/α-hetero) is 1. The second-order valence-electron chi connectivity index (χ2n) is 5.67. The predicted molar refractivity (Wildman–Crippen MR) is 71.1 cm³/mol. The fraction of sp³-hybridized carbons (Fsp3) is 0.562. The van der Waals surface area contributed by atoms with Crippen molar-refractivity contribution in [1.82, 2.24) is 0 Å². The van der Waals surface area contributed by atoms with E-state index in [0.717, 1.165) is 25.7 Å². The maximum atomic E-state index is 11.9. The minimum atomic E-state index is 0.265. The van der Waals surface area contributed by atoms with Crippen molar-refractivity contribution in [1.29, 1.82) is 0 Å². The van der Waals surface area contributed by atoms with Crippen LogP contribution in [-0.2, 0) is 11.2 Å². The van der Waals surface area contributed by atoms with Gasteiger partial charge in [0.1, 0.15) is 5.78 Å². The van der Waals surface area contributed by atoms with Crippen molar-refractivity contribution in [3.63, 3.8) is 0 Å². The Labute approximate surface area is 104 Å². The van der Waals surface area contributed by atoms with Crippen molar-refractivity contribution < 1.29 is 4.79 Å². The molecule has 0 saturated heterocycles. The normalized spacial score (nSPS) is 25.0. The molecule has 2 rings (SSSR count). The van der Waals surface area contributed by atoms with Crippen molar-refractivity contribution in [2.75, 3.05) is 0 Å². The van der Waals surface area contributed by atoms with Crippen LogP contribution < -0.4 is 0 Å². The molecule has 0 aliphatic heterocycles. The van der Waals surface area contributed by atoms with E-state index in [9.17, 15) is 4.79 Å². The highest BCUT2D eigenvalue weighted by Gasteiger charge is 2.26. The summed E-state index contributed by atoms with van der Waals surface area (Å²) in [5.74, 6) is 1.45. The van der Waals surface area contributed by atoms with Crippen molar-refractivity contribution in [2.45, 2.75) is 46.5 Å². The summed E-state index contributed by atoms with van der Waals surface area (Å²) in [4.78, 5) is 11.9. The van der Waals surface area contributed by atoms with Crippen LogP contribution >= 0.6 is 0 Å². The second kappa shape index (κ2) is 5.03. The Bertz CT molecular complexity index is 420. The van der Waals surface area contributed by atoms with Crippen LogP contribution in [0, 0.1) is 25.7 Å². The summed E-state index contributed by atoms with van der Waals surface area (Å²) in [6.45, 7) is 6.54. The van der Waals surface area contributed by atoms with Gasteiger partial charge in [0.05, 0.1) is 0 Å². The molecule has 0 aromatic heterocycles. The first-order valence-electron chi connectivity index (χ1n) is 6.65. The third-order valence-electron chi connectivity index (χ3n) is 4.08. The summed E-state index contributed by atoms with van der Waals surface area (Å²) in [6, 6.07) is 6.58. The number of carbonyl (C=O) groups excluding carboxylic acids is 1. The molecule has 0 N–H and O–H groups in total. The van der Waals surface area contributed by atoms with E-state index in [1.54, 1.807) is 0 Å². The molecule has 2 unspecified atom stereocenters. The minimum Gasteiger partial charge on any atom is -0.299 e. The van der Waals surface area contributed by atoms with E-state index >= 15 is 0 Å².